The number of nitro groups is 1. The number of nitro benzene ring substituents is 1. The van der Waals surface area contributed by atoms with E-state index in [0.717, 1.165) is 0 Å². The molecule has 29 heavy (non-hydrogen) atoms. The van der Waals surface area contributed by atoms with E-state index in [1.807, 2.05) is 11.0 Å². The van der Waals surface area contributed by atoms with Gasteiger partial charge < -0.3 is 15.0 Å². The Kier molecular flexibility index (Phi) is 6.41. The predicted molar refractivity (Wildman–Crippen MR) is 107 cm³/mol. The highest BCUT2D eigenvalue weighted by Gasteiger charge is 2.29. The fourth-order valence-corrected chi connectivity index (χ4v) is 3.91. The molecule has 1 aromatic carbocycles. The summed E-state index contributed by atoms with van der Waals surface area (Å²) in [6.45, 7) is 0.543. The Bertz CT molecular complexity index is 960. The highest BCUT2D eigenvalue weighted by atomic mass is 32.1. The number of thiophene rings is 1. The number of piperidine rings is 1. The summed E-state index contributed by atoms with van der Waals surface area (Å²) in [5, 5.41) is 24.8. The lowest BCUT2D eigenvalue weighted by Gasteiger charge is -2.32. The molecule has 1 aromatic heterocycles. The van der Waals surface area contributed by atoms with Crippen LogP contribution < -0.4 is 10.2 Å². The summed E-state index contributed by atoms with van der Waals surface area (Å²) < 4.78 is 5.11. The summed E-state index contributed by atoms with van der Waals surface area (Å²) in [4.78, 5) is 36.9. The quantitative estimate of drug-likeness (QED) is 0.437. The SMILES string of the molecule is N#Cc1ccsc1NC(=O)COC(=O)C1CCN(c2ccccc2[N+](=O)[O-])CC1. The van der Waals surface area contributed by atoms with Gasteiger partial charge in [-0.1, -0.05) is 12.1 Å². The molecule has 9 nitrogen and oxygen atoms in total. The minimum Gasteiger partial charge on any atom is -0.455 e. The van der Waals surface area contributed by atoms with Crippen molar-refractivity contribution in [3.63, 3.8) is 0 Å². The molecule has 1 aliphatic heterocycles. The van der Waals surface area contributed by atoms with E-state index in [9.17, 15) is 19.7 Å². The molecule has 0 saturated carbocycles. The van der Waals surface area contributed by atoms with Crippen molar-refractivity contribution < 1.29 is 19.2 Å². The smallest absolute Gasteiger partial charge is 0.309 e. The van der Waals surface area contributed by atoms with Gasteiger partial charge in [0.15, 0.2) is 6.61 Å². The van der Waals surface area contributed by atoms with E-state index < -0.39 is 23.4 Å². The van der Waals surface area contributed by atoms with Crippen molar-refractivity contribution in [2.75, 3.05) is 29.9 Å². The van der Waals surface area contributed by atoms with Crippen molar-refractivity contribution in [1.82, 2.24) is 0 Å². The number of hydrogen-bond acceptors (Lipinski definition) is 8. The number of carbonyl (C=O) groups is 2. The van der Waals surface area contributed by atoms with Crippen LogP contribution in [0.25, 0.3) is 0 Å². The van der Waals surface area contributed by atoms with E-state index in [4.69, 9.17) is 10.00 Å². The molecule has 0 atom stereocenters. The molecule has 1 N–H and O–H groups in total. The Morgan fingerprint density at radius 1 is 1.31 bits per heavy atom. The molecule has 10 heteroatoms. The Morgan fingerprint density at radius 2 is 2.03 bits per heavy atom. The molecule has 1 saturated heterocycles. The van der Waals surface area contributed by atoms with Gasteiger partial charge in [-0.15, -0.1) is 11.3 Å². The van der Waals surface area contributed by atoms with Gasteiger partial charge in [-0.05, 0) is 30.4 Å². The van der Waals surface area contributed by atoms with Crippen LogP contribution in [0.15, 0.2) is 35.7 Å². The zero-order chi connectivity index (χ0) is 20.8. The van der Waals surface area contributed by atoms with Crippen molar-refractivity contribution >= 4 is 39.6 Å². The Labute approximate surface area is 170 Å². The number of hydrogen-bond donors (Lipinski definition) is 1. The number of rotatable bonds is 6. The van der Waals surface area contributed by atoms with Crippen LogP contribution >= 0.6 is 11.3 Å². The van der Waals surface area contributed by atoms with Crippen molar-refractivity contribution in [2.45, 2.75) is 12.8 Å². The second-order valence-electron chi connectivity index (χ2n) is 6.44. The molecular formula is C19H18N4O5S. The second kappa shape index (κ2) is 9.16. The Hall–Kier alpha value is -3.45. The lowest BCUT2D eigenvalue weighted by atomic mass is 9.96. The number of anilines is 2. The fourth-order valence-electron chi connectivity index (χ4n) is 3.15. The summed E-state index contributed by atoms with van der Waals surface area (Å²) in [5.74, 6) is -1.33. The monoisotopic (exact) mass is 414 g/mol. The number of benzene rings is 1. The lowest BCUT2D eigenvalue weighted by molar-refractivity contribution is -0.384. The molecule has 0 spiro atoms. The maximum absolute atomic E-state index is 12.3. The molecule has 2 aromatic rings. The number of esters is 1. The molecule has 0 bridgehead atoms. The zero-order valence-electron chi connectivity index (χ0n) is 15.4. The van der Waals surface area contributed by atoms with Gasteiger partial charge in [-0.3, -0.25) is 19.7 Å². The molecule has 0 aliphatic carbocycles. The van der Waals surface area contributed by atoms with Crippen LogP contribution in [-0.4, -0.2) is 36.5 Å². The molecule has 0 radical (unpaired) electrons. The van der Waals surface area contributed by atoms with Gasteiger partial charge in [0.25, 0.3) is 11.6 Å². The Balaban J connectivity index is 1.49. The van der Waals surface area contributed by atoms with Gasteiger partial charge in [0.1, 0.15) is 16.8 Å². The number of amides is 1. The molecule has 2 heterocycles. The van der Waals surface area contributed by atoms with Crippen molar-refractivity contribution in [1.29, 1.82) is 5.26 Å². The van der Waals surface area contributed by atoms with Gasteiger partial charge in [0, 0.05) is 19.2 Å². The van der Waals surface area contributed by atoms with Crippen LogP contribution in [-0.2, 0) is 14.3 Å². The predicted octanol–water partition coefficient (Wildman–Crippen LogP) is 2.93. The summed E-state index contributed by atoms with van der Waals surface area (Å²) in [7, 11) is 0. The fraction of sp³-hybridized carbons (Fsp3) is 0.316. The van der Waals surface area contributed by atoms with Gasteiger partial charge in [0.2, 0.25) is 0 Å². The normalized spacial score (nSPS) is 14.1. The van der Waals surface area contributed by atoms with Crippen molar-refractivity contribution in [3.8, 4) is 6.07 Å². The third kappa shape index (κ3) is 4.89. The highest BCUT2D eigenvalue weighted by molar-refractivity contribution is 7.14. The first kappa shape index (κ1) is 20.3. The topological polar surface area (TPSA) is 126 Å². The second-order valence-corrected chi connectivity index (χ2v) is 7.35. The molecule has 150 valence electrons. The first-order valence-electron chi connectivity index (χ1n) is 8.92. The van der Waals surface area contributed by atoms with Gasteiger partial charge in [-0.25, -0.2) is 0 Å². The van der Waals surface area contributed by atoms with Gasteiger partial charge in [-0.2, -0.15) is 5.26 Å². The maximum atomic E-state index is 12.3. The standard InChI is InChI=1S/C19H18N4O5S/c20-11-14-7-10-29-18(14)21-17(24)12-28-19(25)13-5-8-22(9-6-13)15-3-1-2-4-16(15)23(26)27/h1-4,7,10,13H,5-6,8-9,12H2,(H,21,24). The summed E-state index contributed by atoms with van der Waals surface area (Å²) >= 11 is 1.22. The summed E-state index contributed by atoms with van der Waals surface area (Å²) in [5.41, 5.74) is 0.931. The van der Waals surface area contributed by atoms with E-state index in [0.29, 0.717) is 42.2 Å². The van der Waals surface area contributed by atoms with E-state index >= 15 is 0 Å². The summed E-state index contributed by atoms with van der Waals surface area (Å²) in [6.07, 6.45) is 0.964. The summed E-state index contributed by atoms with van der Waals surface area (Å²) in [6, 6.07) is 10.1. The average Bonchev–Trinajstić information content (AvgIpc) is 3.19. The van der Waals surface area contributed by atoms with Crippen LogP contribution in [0.1, 0.15) is 18.4 Å². The number of nitriles is 1. The van der Waals surface area contributed by atoms with Gasteiger partial charge in [0.05, 0.1) is 16.4 Å². The van der Waals surface area contributed by atoms with E-state index in [1.165, 1.54) is 17.4 Å². The minimum atomic E-state index is -0.505. The van der Waals surface area contributed by atoms with Crippen LogP contribution in [0.3, 0.4) is 0 Å². The van der Waals surface area contributed by atoms with E-state index in [2.05, 4.69) is 5.32 Å². The molecule has 0 unspecified atom stereocenters. The van der Waals surface area contributed by atoms with Crippen LogP contribution in [0.5, 0.6) is 0 Å². The molecule has 3 rings (SSSR count). The molecule has 1 amide bonds. The van der Waals surface area contributed by atoms with E-state index in [-0.39, 0.29) is 11.6 Å². The van der Waals surface area contributed by atoms with Crippen LogP contribution in [0, 0.1) is 27.4 Å². The number of ether oxygens (including phenoxy) is 1. The largest absolute Gasteiger partial charge is 0.455 e. The van der Waals surface area contributed by atoms with E-state index in [1.54, 1.807) is 29.6 Å². The zero-order valence-corrected chi connectivity index (χ0v) is 16.2. The lowest BCUT2D eigenvalue weighted by Crippen LogP contribution is -2.37. The van der Waals surface area contributed by atoms with Crippen molar-refractivity contribution in [3.05, 3.63) is 51.4 Å². The third-order valence-corrected chi connectivity index (χ3v) is 5.46. The Morgan fingerprint density at radius 3 is 2.72 bits per heavy atom. The maximum Gasteiger partial charge on any atom is 0.309 e. The number of carbonyl (C=O) groups excluding carboxylic acids is 2. The first-order chi connectivity index (χ1) is 14.0. The third-order valence-electron chi connectivity index (χ3n) is 4.63. The minimum absolute atomic E-state index is 0.0375. The van der Waals surface area contributed by atoms with Crippen molar-refractivity contribution in [2.24, 2.45) is 5.92 Å². The highest BCUT2D eigenvalue weighted by Crippen LogP contribution is 2.31. The molecule has 1 aliphatic rings. The number of nitrogens with zero attached hydrogens (tertiary/aromatic N) is 3. The first-order valence-corrected chi connectivity index (χ1v) is 9.80. The van der Waals surface area contributed by atoms with Gasteiger partial charge >= 0.3 is 5.97 Å². The number of nitrogens with one attached hydrogen (secondary N) is 1. The molecular weight excluding hydrogens is 396 g/mol. The van der Waals surface area contributed by atoms with Crippen LogP contribution in [0.4, 0.5) is 16.4 Å². The van der Waals surface area contributed by atoms with Crippen LogP contribution in [0.2, 0.25) is 0 Å². The average molecular weight is 414 g/mol. The number of para-hydroxylation sites is 2. The molecule has 1 fully saturated rings.